The average Bonchev–Trinajstić information content (AvgIpc) is 3.17. The lowest BCUT2D eigenvalue weighted by molar-refractivity contribution is -0.135. The Hall–Kier alpha value is -2.35. The predicted molar refractivity (Wildman–Crippen MR) is 122 cm³/mol. The van der Waals surface area contributed by atoms with Crippen molar-refractivity contribution in [3.63, 3.8) is 0 Å². The van der Waals surface area contributed by atoms with E-state index in [1.54, 1.807) is 0 Å². The predicted octanol–water partition coefficient (Wildman–Crippen LogP) is 4.56. The first-order valence-corrected chi connectivity index (χ1v) is 12.2. The summed E-state index contributed by atoms with van der Waals surface area (Å²) in [6.07, 6.45) is 3.65. The first-order chi connectivity index (χ1) is 15.3. The van der Waals surface area contributed by atoms with Gasteiger partial charge >= 0.3 is 6.68 Å². The van der Waals surface area contributed by atoms with Crippen molar-refractivity contribution >= 4 is 22.4 Å². The maximum Gasteiger partial charge on any atom is 0.379 e. The highest BCUT2D eigenvalue weighted by molar-refractivity contribution is 7.85. The van der Waals surface area contributed by atoms with Crippen molar-refractivity contribution in [1.29, 1.82) is 0 Å². The van der Waals surface area contributed by atoms with Crippen molar-refractivity contribution in [2.45, 2.75) is 44.9 Å². The Kier molecular flexibility index (Phi) is 8.73. The first-order valence-electron chi connectivity index (χ1n) is 10.8. The highest BCUT2D eigenvalue weighted by Gasteiger charge is 2.26. The van der Waals surface area contributed by atoms with Crippen LogP contribution in [0.1, 0.15) is 29.5 Å². The van der Waals surface area contributed by atoms with Gasteiger partial charge in [-0.05, 0) is 54.5 Å². The Balaban J connectivity index is 0.000000668. The Bertz CT molecular complexity index is 886. The topological polar surface area (TPSA) is 49.4 Å². The summed E-state index contributed by atoms with van der Waals surface area (Å²) in [6.45, 7) is -3.05. The molecule has 2 aromatic rings. The molecule has 0 radical (unpaired) electrons. The number of hydrogen-bond acceptors (Lipinski definition) is 3. The normalized spacial score (nSPS) is 20.3. The maximum absolute atomic E-state index is 12.6. The first kappa shape index (κ1) is 24.3. The van der Waals surface area contributed by atoms with E-state index in [4.69, 9.17) is 0 Å². The molecular formula is C24H29F3N2O2S. The van der Waals surface area contributed by atoms with E-state index in [-0.39, 0.29) is 11.8 Å². The summed E-state index contributed by atoms with van der Waals surface area (Å²) in [6, 6.07) is 17.5. The zero-order chi connectivity index (χ0) is 23.1. The summed E-state index contributed by atoms with van der Waals surface area (Å²) in [5, 5.41) is 3.64. The monoisotopic (exact) mass is 466 g/mol. The standard InChI is InChI=1S/C23H28N2O2S.CHF3/c1-25(23(26)18-10-12-28(27)13-11-18)16-17-6-8-21(9-7-17)24-22-14-19-4-2-3-5-20(19)15-22;2-1(3)4/h2-9,18,22,24H,10-16H2,1H3;1H. The highest BCUT2D eigenvalue weighted by Crippen LogP contribution is 2.25. The number of fused-ring (bicyclic) bond motifs is 1. The van der Waals surface area contributed by atoms with Crippen LogP contribution in [-0.4, -0.2) is 46.3 Å². The lowest BCUT2D eigenvalue weighted by Crippen LogP contribution is -2.36. The summed E-state index contributed by atoms with van der Waals surface area (Å²) in [4.78, 5) is 14.4. The number of nitrogens with zero attached hydrogens (tertiary/aromatic N) is 1. The quantitative estimate of drug-likeness (QED) is 0.703. The minimum atomic E-state index is -3.67. The van der Waals surface area contributed by atoms with Crippen LogP contribution in [0.25, 0.3) is 0 Å². The van der Waals surface area contributed by atoms with E-state index >= 15 is 0 Å². The van der Waals surface area contributed by atoms with Crippen LogP contribution in [0.15, 0.2) is 48.5 Å². The van der Waals surface area contributed by atoms with E-state index in [1.165, 1.54) is 11.1 Å². The molecule has 2 aromatic carbocycles. The van der Waals surface area contributed by atoms with Gasteiger partial charge in [0.05, 0.1) is 0 Å². The van der Waals surface area contributed by atoms with Crippen molar-refractivity contribution in [3.8, 4) is 0 Å². The zero-order valence-electron chi connectivity index (χ0n) is 18.1. The van der Waals surface area contributed by atoms with Crippen molar-refractivity contribution in [2.24, 2.45) is 5.92 Å². The minimum Gasteiger partial charge on any atom is -0.382 e. The number of benzene rings is 2. The van der Waals surface area contributed by atoms with Crippen molar-refractivity contribution in [2.75, 3.05) is 23.9 Å². The van der Waals surface area contributed by atoms with Crippen LogP contribution in [0.5, 0.6) is 0 Å². The number of alkyl halides is 3. The van der Waals surface area contributed by atoms with Crippen molar-refractivity contribution in [3.05, 3.63) is 65.2 Å². The Labute approximate surface area is 189 Å². The van der Waals surface area contributed by atoms with Crippen LogP contribution < -0.4 is 5.32 Å². The van der Waals surface area contributed by atoms with Crippen LogP contribution in [0.3, 0.4) is 0 Å². The van der Waals surface area contributed by atoms with E-state index in [0.29, 0.717) is 24.1 Å². The Morgan fingerprint density at radius 2 is 1.56 bits per heavy atom. The molecule has 1 amide bonds. The molecule has 1 fully saturated rings. The molecule has 1 heterocycles. The van der Waals surface area contributed by atoms with E-state index in [2.05, 4.69) is 53.8 Å². The van der Waals surface area contributed by atoms with Crippen LogP contribution in [0.2, 0.25) is 0 Å². The molecular weight excluding hydrogens is 437 g/mol. The summed E-state index contributed by atoms with van der Waals surface area (Å²) < 4.78 is 40.5. The van der Waals surface area contributed by atoms with Gasteiger partial charge in [0.1, 0.15) is 0 Å². The maximum atomic E-state index is 12.6. The third kappa shape index (κ3) is 7.08. The summed E-state index contributed by atoms with van der Waals surface area (Å²) in [5.74, 6) is 1.54. The zero-order valence-corrected chi connectivity index (χ0v) is 18.9. The van der Waals surface area contributed by atoms with Crippen LogP contribution in [-0.2, 0) is 35.0 Å². The largest absolute Gasteiger partial charge is 0.382 e. The number of halogens is 3. The third-order valence-electron chi connectivity index (χ3n) is 5.91. The van der Waals surface area contributed by atoms with Gasteiger partial charge in [-0.15, -0.1) is 0 Å². The molecule has 1 aliphatic heterocycles. The summed E-state index contributed by atoms with van der Waals surface area (Å²) in [7, 11) is 1.15. The fraction of sp³-hybridized carbons (Fsp3) is 0.458. The number of amides is 1. The van der Waals surface area contributed by atoms with Gasteiger partial charge in [0, 0.05) is 53.5 Å². The molecule has 1 aliphatic carbocycles. The Morgan fingerprint density at radius 1 is 1.03 bits per heavy atom. The highest BCUT2D eigenvalue weighted by atomic mass is 32.2. The second-order valence-corrected chi connectivity index (χ2v) is 9.98. The average molecular weight is 467 g/mol. The van der Waals surface area contributed by atoms with Gasteiger partial charge in [0.15, 0.2) is 0 Å². The Morgan fingerprint density at radius 3 is 2.09 bits per heavy atom. The molecule has 8 heteroatoms. The number of carbonyl (C=O) groups is 1. The fourth-order valence-corrected chi connectivity index (χ4v) is 5.61. The second kappa shape index (κ2) is 11.5. The molecule has 0 spiro atoms. The van der Waals surface area contributed by atoms with Crippen LogP contribution >= 0.6 is 0 Å². The molecule has 4 rings (SSSR count). The molecule has 0 bridgehead atoms. The van der Waals surface area contributed by atoms with E-state index < -0.39 is 17.5 Å². The lowest BCUT2D eigenvalue weighted by atomic mass is 10.0. The summed E-state index contributed by atoms with van der Waals surface area (Å²) >= 11 is 0. The van der Waals surface area contributed by atoms with Gasteiger partial charge in [-0.3, -0.25) is 9.00 Å². The van der Waals surface area contributed by atoms with Crippen LogP contribution in [0.4, 0.5) is 18.9 Å². The molecule has 4 nitrogen and oxygen atoms in total. The molecule has 32 heavy (non-hydrogen) atoms. The fourth-order valence-electron chi connectivity index (χ4n) is 4.31. The van der Waals surface area contributed by atoms with Crippen LogP contribution in [0, 0.1) is 5.92 Å². The van der Waals surface area contributed by atoms with Gasteiger partial charge in [-0.1, -0.05) is 36.4 Å². The van der Waals surface area contributed by atoms with Gasteiger partial charge in [-0.2, -0.15) is 13.2 Å². The summed E-state index contributed by atoms with van der Waals surface area (Å²) in [5.41, 5.74) is 5.16. The lowest BCUT2D eigenvalue weighted by Gasteiger charge is -2.26. The van der Waals surface area contributed by atoms with E-state index in [0.717, 1.165) is 36.9 Å². The van der Waals surface area contributed by atoms with E-state index in [1.807, 2.05) is 11.9 Å². The van der Waals surface area contributed by atoms with Gasteiger partial charge in [0.25, 0.3) is 0 Å². The molecule has 0 aromatic heterocycles. The molecule has 0 saturated carbocycles. The van der Waals surface area contributed by atoms with Crippen molar-refractivity contribution < 1.29 is 22.2 Å². The number of nitrogens with one attached hydrogen (secondary N) is 1. The SMILES string of the molecule is CN(Cc1ccc(NC2Cc3ccccc3C2)cc1)C(=O)C1CCS(=O)CC1.FC(F)F. The second-order valence-electron chi connectivity index (χ2n) is 8.28. The molecule has 174 valence electrons. The van der Waals surface area contributed by atoms with Gasteiger partial charge in [-0.25, -0.2) is 0 Å². The molecule has 1 N–H and O–H groups in total. The number of rotatable bonds is 5. The molecule has 0 atom stereocenters. The van der Waals surface area contributed by atoms with Crippen molar-refractivity contribution in [1.82, 2.24) is 4.90 Å². The van der Waals surface area contributed by atoms with Gasteiger partial charge in [0.2, 0.25) is 5.91 Å². The number of hydrogen-bond donors (Lipinski definition) is 1. The number of anilines is 1. The molecule has 2 aliphatic rings. The molecule has 1 saturated heterocycles. The molecule has 0 unspecified atom stereocenters. The number of carbonyl (C=O) groups excluding carboxylic acids is 1. The van der Waals surface area contributed by atoms with Gasteiger partial charge < -0.3 is 10.2 Å². The third-order valence-corrected chi connectivity index (χ3v) is 7.29. The minimum absolute atomic E-state index is 0.0349. The van der Waals surface area contributed by atoms with E-state index in [9.17, 15) is 22.2 Å². The smallest absolute Gasteiger partial charge is 0.379 e.